The second-order valence-corrected chi connectivity index (χ2v) is 4.76. The summed E-state index contributed by atoms with van der Waals surface area (Å²) in [7, 11) is 0. The maximum absolute atomic E-state index is 12.0. The first kappa shape index (κ1) is 14.8. The zero-order chi connectivity index (χ0) is 15.1. The van der Waals surface area contributed by atoms with Gasteiger partial charge in [-0.05, 0) is 23.6 Å². The molecule has 2 aromatic rings. The number of benzene rings is 2. The van der Waals surface area contributed by atoms with E-state index in [9.17, 15) is 9.59 Å². The van der Waals surface area contributed by atoms with Gasteiger partial charge in [0.1, 0.15) is 0 Å². The number of anilines is 1. The summed E-state index contributed by atoms with van der Waals surface area (Å²) >= 11 is 0. The second kappa shape index (κ2) is 7.24. The molecule has 0 aromatic heterocycles. The molecule has 2 N–H and O–H groups in total. The topological polar surface area (TPSA) is 66.4 Å². The second-order valence-electron chi connectivity index (χ2n) is 4.76. The molecule has 0 bridgehead atoms. The number of para-hydroxylation sites is 1. The number of carboxylic acid groups (broad SMARTS) is 1. The quantitative estimate of drug-likeness (QED) is 0.856. The minimum absolute atomic E-state index is 0.102. The van der Waals surface area contributed by atoms with Gasteiger partial charge < -0.3 is 10.4 Å². The van der Waals surface area contributed by atoms with Crippen molar-refractivity contribution in [1.29, 1.82) is 0 Å². The monoisotopic (exact) mass is 283 g/mol. The lowest BCUT2D eigenvalue weighted by Gasteiger charge is -2.09. The van der Waals surface area contributed by atoms with Crippen LogP contribution < -0.4 is 5.32 Å². The van der Waals surface area contributed by atoms with Gasteiger partial charge in [0.2, 0.25) is 5.91 Å². The predicted octanol–water partition coefficient (Wildman–Crippen LogP) is 2.89. The molecule has 0 saturated heterocycles. The third-order valence-electron chi connectivity index (χ3n) is 3.12. The van der Waals surface area contributed by atoms with Crippen molar-refractivity contribution in [3.63, 3.8) is 0 Å². The van der Waals surface area contributed by atoms with Gasteiger partial charge in [-0.3, -0.25) is 9.59 Å². The van der Waals surface area contributed by atoms with E-state index in [1.165, 1.54) is 0 Å². The van der Waals surface area contributed by atoms with Gasteiger partial charge in [-0.15, -0.1) is 0 Å². The molecule has 2 rings (SSSR count). The van der Waals surface area contributed by atoms with Crippen LogP contribution in [-0.2, 0) is 22.4 Å². The fourth-order valence-corrected chi connectivity index (χ4v) is 2.07. The van der Waals surface area contributed by atoms with Gasteiger partial charge in [0, 0.05) is 12.1 Å². The highest BCUT2D eigenvalue weighted by Gasteiger charge is 2.09. The van der Waals surface area contributed by atoms with Crippen molar-refractivity contribution in [3.8, 4) is 0 Å². The van der Waals surface area contributed by atoms with Gasteiger partial charge in [-0.25, -0.2) is 0 Å². The van der Waals surface area contributed by atoms with Crippen LogP contribution in [0.3, 0.4) is 0 Å². The number of carbonyl (C=O) groups is 2. The third kappa shape index (κ3) is 4.76. The average Bonchev–Trinajstić information content (AvgIpc) is 2.48. The highest BCUT2D eigenvalue weighted by atomic mass is 16.4. The Bertz CT molecular complexity index is 623. The maximum Gasteiger partial charge on any atom is 0.307 e. The normalized spacial score (nSPS) is 10.1. The van der Waals surface area contributed by atoms with Crippen LogP contribution in [0.25, 0.3) is 0 Å². The van der Waals surface area contributed by atoms with E-state index in [4.69, 9.17) is 5.11 Å². The van der Waals surface area contributed by atoms with Crippen LogP contribution in [-0.4, -0.2) is 17.0 Å². The van der Waals surface area contributed by atoms with E-state index in [2.05, 4.69) is 5.32 Å². The van der Waals surface area contributed by atoms with Crippen LogP contribution >= 0.6 is 0 Å². The molecule has 0 aliphatic carbocycles. The molecule has 0 fully saturated rings. The Morgan fingerprint density at radius 2 is 1.62 bits per heavy atom. The number of rotatable bonds is 6. The molecule has 0 unspecified atom stereocenters. The summed E-state index contributed by atoms with van der Waals surface area (Å²) in [5.41, 5.74) is 2.28. The Hall–Kier alpha value is -2.62. The van der Waals surface area contributed by atoms with Gasteiger partial charge in [0.05, 0.1) is 6.42 Å². The molecule has 4 nitrogen and oxygen atoms in total. The molecule has 21 heavy (non-hydrogen) atoms. The molecule has 0 heterocycles. The molecule has 4 heteroatoms. The van der Waals surface area contributed by atoms with Gasteiger partial charge in [-0.1, -0.05) is 48.5 Å². The lowest BCUT2D eigenvalue weighted by atomic mass is 10.1. The Morgan fingerprint density at radius 1 is 0.952 bits per heavy atom. The lowest BCUT2D eigenvalue weighted by Crippen LogP contribution is -2.14. The number of carboxylic acids is 1. The zero-order valence-electron chi connectivity index (χ0n) is 11.6. The van der Waals surface area contributed by atoms with E-state index in [1.54, 1.807) is 24.3 Å². The minimum atomic E-state index is -0.916. The van der Waals surface area contributed by atoms with Crippen molar-refractivity contribution in [2.45, 2.75) is 19.3 Å². The zero-order valence-corrected chi connectivity index (χ0v) is 11.6. The van der Waals surface area contributed by atoms with Crippen LogP contribution in [0.4, 0.5) is 5.69 Å². The Labute approximate surface area is 123 Å². The number of amides is 1. The summed E-state index contributed by atoms with van der Waals surface area (Å²) in [5, 5.41) is 11.6. The lowest BCUT2D eigenvalue weighted by molar-refractivity contribution is -0.136. The van der Waals surface area contributed by atoms with Crippen LogP contribution in [0, 0.1) is 0 Å². The van der Waals surface area contributed by atoms with Crippen molar-refractivity contribution < 1.29 is 14.7 Å². The summed E-state index contributed by atoms with van der Waals surface area (Å²) in [6.07, 6.45) is 0.925. The van der Waals surface area contributed by atoms with Crippen LogP contribution in [0.2, 0.25) is 0 Å². The van der Waals surface area contributed by atoms with E-state index < -0.39 is 5.97 Å². The van der Waals surface area contributed by atoms with Crippen LogP contribution in [0.1, 0.15) is 17.5 Å². The van der Waals surface area contributed by atoms with E-state index in [0.29, 0.717) is 24.1 Å². The number of hydrogen-bond acceptors (Lipinski definition) is 2. The molecule has 0 aliphatic heterocycles. The van der Waals surface area contributed by atoms with Crippen molar-refractivity contribution >= 4 is 17.6 Å². The molecule has 0 radical (unpaired) electrons. The highest BCUT2D eigenvalue weighted by Crippen LogP contribution is 2.16. The van der Waals surface area contributed by atoms with Crippen molar-refractivity contribution in [1.82, 2.24) is 0 Å². The average molecular weight is 283 g/mol. The summed E-state index contributed by atoms with van der Waals surface area (Å²) < 4.78 is 0. The first-order chi connectivity index (χ1) is 10.1. The van der Waals surface area contributed by atoms with Crippen molar-refractivity contribution in [2.75, 3.05) is 5.32 Å². The summed E-state index contributed by atoms with van der Waals surface area (Å²) in [6, 6.07) is 16.7. The molecular formula is C17H17NO3. The first-order valence-electron chi connectivity index (χ1n) is 6.78. The maximum atomic E-state index is 12.0. The smallest absolute Gasteiger partial charge is 0.307 e. The molecule has 108 valence electrons. The summed E-state index contributed by atoms with van der Waals surface area (Å²) in [5.74, 6) is -1.03. The van der Waals surface area contributed by atoms with Gasteiger partial charge >= 0.3 is 5.97 Å². The minimum Gasteiger partial charge on any atom is -0.481 e. The van der Waals surface area contributed by atoms with Gasteiger partial charge in [-0.2, -0.15) is 0 Å². The number of aryl methyl sites for hydroxylation is 1. The number of hydrogen-bond donors (Lipinski definition) is 2. The molecule has 1 amide bonds. The van der Waals surface area contributed by atoms with E-state index in [-0.39, 0.29) is 12.3 Å². The molecule has 0 spiro atoms. The molecular weight excluding hydrogens is 266 g/mol. The third-order valence-corrected chi connectivity index (χ3v) is 3.12. The van der Waals surface area contributed by atoms with E-state index >= 15 is 0 Å². The number of carbonyl (C=O) groups excluding carboxylic acids is 1. The molecule has 2 aromatic carbocycles. The molecule has 0 aliphatic rings. The predicted molar refractivity (Wildman–Crippen MR) is 81.2 cm³/mol. The fraction of sp³-hybridized carbons (Fsp3) is 0.176. The first-order valence-corrected chi connectivity index (χ1v) is 6.78. The number of aliphatic carboxylic acids is 1. The largest absolute Gasteiger partial charge is 0.481 e. The number of nitrogens with one attached hydrogen (secondary N) is 1. The van der Waals surface area contributed by atoms with E-state index in [0.717, 1.165) is 5.56 Å². The standard InChI is InChI=1S/C17H17NO3/c19-16(11-10-13-6-2-1-3-7-13)18-15-9-5-4-8-14(15)12-17(20)21/h1-9H,10-12H2,(H,18,19)(H,20,21). The van der Waals surface area contributed by atoms with Gasteiger partial charge in [0.25, 0.3) is 0 Å². The Morgan fingerprint density at radius 3 is 2.33 bits per heavy atom. The molecule has 0 saturated carbocycles. The summed E-state index contributed by atoms with van der Waals surface area (Å²) in [6.45, 7) is 0. The van der Waals surface area contributed by atoms with E-state index in [1.807, 2.05) is 30.3 Å². The van der Waals surface area contributed by atoms with Crippen LogP contribution in [0.15, 0.2) is 54.6 Å². The van der Waals surface area contributed by atoms with Crippen molar-refractivity contribution in [3.05, 3.63) is 65.7 Å². The van der Waals surface area contributed by atoms with Crippen LogP contribution in [0.5, 0.6) is 0 Å². The highest BCUT2D eigenvalue weighted by molar-refractivity contribution is 5.92. The molecule has 0 atom stereocenters. The SMILES string of the molecule is O=C(O)Cc1ccccc1NC(=O)CCc1ccccc1. The Kier molecular flexibility index (Phi) is 5.10. The fourth-order valence-electron chi connectivity index (χ4n) is 2.07. The van der Waals surface area contributed by atoms with Gasteiger partial charge in [0.15, 0.2) is 0 Å². The van der Waals surface area contributed by atoms with Crippen molar-refractivity contribution in [2.24, 2.45) is 0 Å². The Balaban J connectivity index is 1.95. The summed E-state index contributed by atoms with van der Waals surface area (Å²) in [4.78, 5) is 22.8.